The van der Waals surface area contributed by atoms with Gasteiger partial charge in [-0.15, -0.1) is 0 Å². The van der Waals surface area contributed by atoms with Crippen LogP contribution in [-0.2, 0) is 6.18 Å². The molecule has 2 aliphatic rings. The molecule has 1 aromatic rings. The summed E-state index contributed by atoms with van der Waals surface area (Å²) in [5.41, 5.74) is -0.226. The van der Waals surface area contributed by atoms with Crippen molar-refractivity contribution in [2.24, 2.45) is 9.98 Å². The standard InChI is InChI=1S/C13H6F4N2/c14-11-7(2-1-3-9(11)13(15,16)17)8-6-19-10-4-5-18-12(8)10/h1-6H. The summed E-state index contributed by atoms with van der Waals surface area (Å²) in [4.78, 5) is 7.96. The van der Waals surface area contributed by atoms with Crippen LogP contribution in [0.2, 0.25) is 0 Å². The van der Waals surface area contributed by atoms with Crippen molar-refractivity contribution in [2.45, 2.75) is 6.18 Å². The molecule has 96 valence electrons. The number of aliphatic imine (C=N–C) groups is 2. The highest BCUT2D eigenvalue weighted by Gasteiger charge is 2.36. The Kier molecular flexibility index (Phi) is 2.41. The summed E-state index contributed by atoms with van der Waals surface area (Å²) in [6.07, 6.45) is -0.300. The number of fused-ring (bicyclic) bond motifs is 1. The second-order valence-corrected chi connectivity index (χ2v) is 4.02. The lowest BCUT2D eigenvalue weighted by molar-refractivity contribution is -0.140. The number of hydrogen-bond acceptors (Lipinski definition) is 2. The van der Waals surface area contributed by atoms with Crippen LogP contribution in [0, 0.1) is 5.82 Å². The van der Waals surface area contributed by atoms with E-state index in [0.717, 1.165) is 0 Å². The van der Waals surface area contributed by atoms with E-state index < -0.39 is 17.6 Å². The molecule has 0 saturated carbocycles. The van der Waals surface area contributed by atoms with Crippen molar-refractivity contribution in [2.75, 3.05) is 0 Å². The van der Waals surface area contributed by atoms with E-state index in [4.69, 9.17) is 0 Å². The van der Waals surface area contributed by atoms with Gasteiger partial charge in [0.05, 0.1) is 17.0 Å². The van der Waals surface area contributed by atoms with E-state index in [1.807, 2.05) is 0 Å². The topological polar surface area (TPSA) is 24.7 Å². The van der Waals surface area contributed by atoms with E-state index in [2.05, 4.69) is 9.98 Å². The van der Waals surface area contributed by atoms with Crippen LogP contribution < -0.4 is 0 Å². The van der Waals surface area contributed by atoms with Crippen molar-refractivity contribution in [3.63, 3.8) is 0 Å². The number of alkyl halides is 3. The Hall–Kier alpha value is -2.24. The Bertz CT molecular complexity index is 678. The van der Waals surface area contributed by atoms with E-state index in [0.29, 0.717) is 17.5 Å². The van der Waals surface area contributed by atoms with Crippen LogP contribution in [0.4, 0.5) is 17.6 Å². The SMILES string of the molecule is Fc1c(C2=CN=C3C=CN=C23)cccc1C(F)(F)F. The van der Waals surface area contributed by atoms with Gasteiger partial charge in [-0.3, -0.25) is 9.98 Å². The Morgan fingerprint density at radius 1 is 1.05 bits per heavy atom. The largest absolute Gasteiger partial charge is 0.419 e. The van der Waals surface area contributed by atoms with Crippen molar-refractivity contribution in [1.29, 1.82) is 0 Å². The maximum atomic E-state index is 14.0. The molecule has 2 heterocycles. The molecule has 0 N–H and O–H groups in total. The fourth-order valence-corrected chi connectivity index (χ4v) is 1.99. The molecule has 0 bridgehead atoms. The number of halogens is 4. The molecule has 6 heteroatoms. The van der Waals surface area contributed by atoms with Crippen LogP contribution in [-0.4, -0.2) is 11.4 Å². The molecule has 2 nitrogen and oxygen atoms in total. The molecule has 1 aromatic carbocycles. The highest BCUT2D eigenvalue weighted by molar-refractivity contribution is 6.63. The zero-order valence-electron chi connectivity index (χ0n) is 9.37. The van der Waals surface area contributed by atoms with Gasteiger partial charge in [0, 0.05) is 23.5 Å². The summed E-state index contributed by atoms with van der Waals surface area (Å²) in [6.45, 7) is 0. The minimum atomic E-state index is -4.72. The third-order valence-electron chi connectivity index (χ3n) is 2.86. The minimum absolute atomic E-state index is 0.143. The highest BCUT2D eigenvalue weighted by atomic mass is 19.4. The van der Waals surface area contributed by atoms with Gasteiger partial charge in [-0.2, -0.15) is 13.2 Å². The molecule has 3 rings (SSSR count). The van der Waals surface area contributed by atoms with Crippen molar-refractivity contribution in [3.05, 3.63) is 53.6 Å². The van der Waals surface area contributed by atoms with E-state index in [1.54, 1.807) is 6.08 Å². The minimum Gasteiger partial charge on any atom is -0.254 e. The van der Waals surface area contributed by atoms with E-state index in [1.165, 1.54) is 24.5 Å². The molecule has 0 fully saturated rings. The molecule has 0 amide bonds. The third-order valence-corrected chi connectivity index (χ3v) is 2.86. The monoisotopic (exact) mass is 266 g/mol. The smallest absolute Gasteiger partial charge is 0.254 e. The molecule has 0 saturated heterocycles. The fourth-order valence-electron chi connectivity index (χ4n) is 1.99. The fraction of sp³-hybridized carbons (Fsp3) is 0.0769. The van der Waals surface area contributed by atoms with Crippen LogP contribution >= 0.6 is 0 Å². The average Bonchev–Trinajstić information content (AvgIpc) is 2.90. The van der Waals surface area contributed by atoms with Gasteiger partial charge in [-0.1, -0.05) is 12.1 Å². The number of allylic oxidation sites excluding steroid dienone is 2. The summed E-state index contributed by atoms with van der Waals surface area (Å²) >= 11 is 0. The van der Waals surface area contributed by atoms with E-state index in [-0.39, 0.29) is 11.1 Å². The van der Waals surface area contributed by atoms with Crippen molar-refractivity contribution in [3.8, 4) is 0 Å². The van der Waals surface area contributed by atoms with Crippen molar-refractivity contribution < 1.29 is 17.6 Å². The molecular formula is C13H6F4N2. The lowest BCUT2D eigenvalue weighted by Gasteiger charge is -2.11. The second-order valence-electron chi connectivity index (χ2n) is 4.02. The van der Waals surface area contributed by atoms with Crippen LogP contribution in [0.5, 0.6) is 0 Å². The van der Waals surface area contributed by atoms with Crippen LogP contribution in [0.3, 0.4) is 0 Å². The molecule has 2 aliphatic heterocycles. The first-order valence-electron chi connectivity index (χ1n) is 5.37. The lowest BCUT2D eigenvalue weighted by Crippen LogP contribution is -2.12. The Balaban J connectivity index is 2.09. The number of benzene rings is 1. The number of rotatable bonds is 1. The number of hydrogen-bond donors (Lipinski definition) is 0. The van der Waals surface area contributed by atoms with Gasteiger partial charge in [0.1, 0.15) is 5.82 Å². The van der Waals surface area contributed by atoms with Crippen LogP contribution in [0.1, 0.15) is 11.1 Å². The maximum Gasteiger partial charge on any atom is 0.419 e. The molecule has 0 radical (unpaired) electrons. The summed E-state index contributed by atoms with van der Waals surface area (Å²) in [7, 11) is 0. The average molecular weight is 266 g/mol. The van der Waals surface area contributed by atoms with Crippen LogP contribution in [0.25, 0.3) is 5.57 Å². The molecule has 19 heavy (non-hydrogen) atoms. The summed E-state index contributed by atoms with van der Waals surface area (Å²) < 4.78 is 51.9. The summed E-state index contributed by atoms with van der Waals surface area (Å²) in [6, 6.07) is 3.17. The first-order chi connectivity index (χ1) is 8.98. The van der Waals surface area contributed by atoms with Gasteiger partial charge < -0.3 is 0 Å². The van der Waals surface area contributed by atoms with Crippen molar-refractivity contribution >= 4 is 17.0 Å². The summed E-state index contributed by atoms with van der Waals surface area (Å²) in [5, 5.41) is 0. The molecular weight excluding hydrogens is 260 g/mol. The molecule has 0 atom stereocenters. The van der Waals surface area contributed by atoms with Gasteiger partial charge >= 0.3 is 6.18 Å². The first kappa shape index (κ1) is 11.8. The Labute approximate surface area is 105 Å². The van der Waals surface area contributed by atoms with Gasteiger partial charge in [0.15, 0.2) is 0 Å². The van der Waals surface area contributed by atoms with Gasteiger partial charge in [-0.25, -0.2) is 4.39 Å². The third kappa shape index (κ3) is 1.80. The molecule has 0 aromatic heterocycles. The van der Waals surface area contributed by atoms with E-state index in [9.17, 15) is 17.6 Å². The first-order valence-corrected chi connectivity index (χ1v) is 5.37. The van der Waals surface area contributed by atoms with Gasteiger partial charge in [0.25, 0.3) is 0 Å². The normalized spacial score (nSPS) is 17.2. The Morgan fingerprint density at radius 2 is 1.84 bits per heavy atom. The maximum absolute atomic E-state index is 14.0. The predicted octanol–water partition coefficient (Wildman–Crippen LogP) is 3.61. The van der Waals surface area contributed by atoms with Gasteiger partial charge in [-0.05, 0) is 12.1 Å². The highest BCUT2D eigenvalue weighted by Crippen LogP contribution is 2.35. The van der Waals surface area contributed by atoms with E-state index >= 15 is 0 Å². The van der Waals surface area contributed by atoms with Crippen molar-refractivity contribution in [1.82, 2.24) is 0 Å². The van der Waals surface area contributed by atoms with Crippen LogP contribution in [0.15, 0.2) is 46.7 Å². The molecule has 0 aliphatic carbocycles. The summed E-state index contributed by atoms with van der Waals surface area (Å²) in [5.74, 6) is -1.30. The molecule has 0 spiro atoms. The predicted molar refractivity (Wildman–Crippen MR) is 63.4 cm³/mol. The van der Waals surface area contributed by atoms with Gasteiger partial charge in [0.2, 0.25) is 0 Å². The number of nitrogens with zero attached hydrogens (tertiary/aromatic N) is 2. The quantitative estimate of drug-likeness (QED) is 0.694. The Morgan fingerprint density at radius 3 is 2.58 bits per heavy atom. The second kappa shape index (κ2) is 3.88. The molecule has 0 unspecified atom stereocenters. The zero-order chi connectivity index (χ0) is 13.6. The lowest BCUT2D eigenvalue weighted by atomic mass is 9.98. The zero-order valence-corrected chi connectivity index (χ0v) is 9.37.